The second kappa shape index (κ2) is 6.56. The van der Waals surface area contributed by atoms with Crippen LogP contribution in [0.15, 0.2) is 54.9 Å². The molecular weight excluding hydrogens is 355 g/mol. The highest BCUT2D eigenvalue weighted by Crippen LogP contribution is 2.32. The minimum atomic E-state index is 0.525. The minimum absolute atomic E-state index is 0.525. The van der Waals surface area contributed by atoms with Crippen LogP contribution in [0.4, 0.5) is 11.4 Å². The van der Waals surface area contributed by atoms with Crippen molar-refractivity contribution >= 4 is 56.4 Å². The standard InChI is InChI=1S/C19H16Cl2N4/c20-16-3-1-13(10-17(16)21)24-12-2-4-18-14(9-12)15-11-23-7-5-19(15)25(18)8-6-22/h1-5,7,9-11,24H,6,8,22H2. The van der Waals surface area contributed by atoms with E-state index in [1.54, 1.807) is 6.07 Å². The normalized spacial score (nSPS) is 11.3. The van der Waals surface area contributed by atoms with E-state index in [-0.39, 0.29) is 0 Å². The number of benzene rings is 2. The zero-order valence-corrected chi connectivity index (χ0v) is 14.8. The number of hydrogen-bond acceptors (Lipinski definition) is 3. The number of nitrogens with one attached hydrogen (secondary N) is 1. The first-order chi connectivity index (χ1) is 12.2. The summed E-state index contributed by atoms with van der Waals surface area (Å²) < 4.78 is 2.23. The number of anilines is 2. The van der Waals surface area contributed by atoms with E-state index in [4.69, 9.17) is 28.9 Å². The van der Waals surface area contributed by atoms with Crippen LogP contribution in [0.3, 0.4) is 0 Å². The average molecular weight is 371 g/mol. The first-order valence-electron chi connectivity index (χ1n) is 7.95. The maximum atomic E-state index is 6.10. The van der Waals surface area contributed by atoms with Gasteiger partial charge in [-0.05, 0) is 42.5 Å². The number of aromatic nitrogens is 2. The summed E-state index contributed by atoms with van der Waals surface area (Å²) in [5, 5.41) is 6.69. The van der Waals surface area contributed by atoms with Crippen LogP contribution >= 0.6 is 23.2 Å². The Balaban J connectivity index is 1.82. The van der Waals surface area contributed by atoms with Gasteiger partial charge < -0.3 is 15.6 Å². The van der Waals surface area contributed by atoms with Crippen LogP contribution in [-0.2, 0) is 6.54 Å². The fourth-order valence-electron chi connectivity index (χ4n) is 3.14. The molecule has 0 bridgehead atoms. The van der Waals surface area contributed by atoms with Crippen LogP contribution in [-0.4, -0.2) is 16.1 Å². The number of fused-ring (bicyclic) bond motifs is 3. The maximum absolute atomic E-state index is 6.10. The summed E-state index contributed by atoms with van der Waals surface area (Å²) in [5.41, 5.74) is 9.94. The molecule has 6 heteroatoms. The summed E-state index contributed by atoms with van der Waals surface area (Å²) in [6, 6.07) is 13.8. The van der Waals surface area contributed by atoms with Gasteiger partial charge in [-0.1, -0.05) is 23.2 Å². The molecule has 3 N–H and O–H groups in total. The average Bonchev–Trinajstić information content (AvgIpc) is 2.93. The van der Waals surface area contributed by atoms with Gasteiger partial charge in [-0.3, -0.25) is 4.98 Å². The van der Waals surface area contributed by atoms with Crippen molar-refractivity contribution in [2.75, 3.05) is 11.9 Å². The van der Waals surface area contributed by atoms with Crippen molar-refractivity contribution < 1.29 is 0 Å². The van der Waals surface area contributed by atoms with Gasteiger partial charge >= 0.3 is 0 Å². The van der Waals surface area contributed by atoms with E-state index >= 15 is 0 Å². The lowest BCUT2D eigenvalue weighted by Gasteiger charge is -2.09. The largest absolute Gasteiger partial charge is 0.355 e. The van der Waals surface area contributed by atoms with Gasteiger partial charge in [0.25, 0.3) is 0 Å². The van der Waals surface area contributed by atoms with Gasteiger partial charge in [0.1, 0.15) is 0 Å². The molecule has 2 heterocycles. The molecular formula is C19H16Cl2N4. The molecule has 2 aromatic heterocycles. The molecule has 4 rings (SSSR count). The van der Waals surface area contributed by atoms with Crippen LogP contribution in [0.5, 0.6) is 0 Å². The Morgan fingerprint density at radius 1 is 0.920 bits per heavy atom. The summed E-state index contributed by atoms with van der Waals surface area (Å²) in [7, 11) is 0. The molecule has 0 aliphatic rings. The highest BCUT2D eigenvalue weighted by atomic mass is 35.5. The first-order valence-corrected chi connectivity index (χ1v) is 8.71. The van der Waals surface area contributed by atoms with Crippen molar-refractivity contribution in [1.29, 1.82) is 0 Å². The Hall–Kier alpha value is -2.27. The summed E-state index contributed by atoms with van der Waals surface area (Å²) in [5.74, 6) is 0. The zero-order valence-electron chi connectivity index (χ0n) is 13.3. The summed E-state index contributed by atoms with van der Waals surface area (Å²) in [6.07, 6.45) is 3.71. The SMILES string of the molecule is NCCn1c2ccncc2c2cc(Nc3ccc(Cl)c(Cl)c3)ccc21. The lowest BCUT2D eigenvalue weighted by atomic mass is 10.1. The van der Waals surface area contributed by atoms with E-state index in [0.29, 0.717) is 16.6 Å². The summed E-state index contributed by atoms with van der Waals surface area (Å²) in [6.45, 7) is 1.36. The van der Waals surface area contributed by atoms with Crippen molar-refractivity contribution in [3.8, 4) is 0 Å². The van der Waals surface area contributed by atoms with Crippen LogP contribution < -0.4 is 11.1 Å². The maximum Gasteiger partial charge on any atom is 0.0612 e. The molecule has 4 aromatic rings. The van der Waals surface area contributed by atoms with Crippen LogP contribution in [0.25, 0.3) is 21.8 Å². The van der Waals surface area contributed by atoms with Crippen molar-refractivity contribution in [2.24, 2.45) is 5.73 Å². The molecule has 0 aliphatic carbocycles. The molecule has 25 heavy (non-hydrogen) atoms. The Kier molecular flexibility index (Phi) is 4.25. The Morgan fingerprint density at radius 2 is 1.68 bits per heavy atom. The van der Waals surface area contributed by atoms with E-state index in [1.807, 2.05) is 36.7 Å². The van der Waals surface area contributed by atoms with Crippen molar-refractivity contribution in [1.82, 2.24) is 9.55 Å². The molecule has 0 saturated carbocycles. The summed E-state index contributed by atoms with van der Waals surface area (Å²) >= 11 is 12.1. The molecule has 0 fully saturated rings. The van der Waals surface area contributed by atoms with Crippen molar-refractivity contribution in [3.63, 3.8) is 0 Å². The van der Waals surface area contributed by atoms with Crippen LogP contribution in [0.2, 0.25) is 10.0 Å². The first kappa shape index (κ1) is 16.2. The molecule has 126 valence electrons. The molecule has 0 radical (unpaired) electrons. The van der Waals surface area contributed by atoms with Gasteiger partial charge in [0.15, 0.2) is 0 Å². The fourth-order valence-corrected chi connectivity index (χ4v) is 3.43. The lowest BCUT2D eigenvalue weighted by Crippen LogP contribution is -2.09. The topological polar surface area (TPSA) is 55.9 Å². The number of nitrogens with two attached hydrogens (primary N) is 1. The molecule has 0 unspecified atom stereocenters. The van der Waals surface area contributed by atoms with Gasteiger partial charge in [0.2, 0.25) is 0 Å². The van der Waals surface area contributed by atoms with E-state index < -0.39 is 0 Å². The van der Waals surface area contributed by atoms with E-state index in [9.17, 15) is 0 Å². The molecule has 0 spiro atoms. The molecule has 0 aliphatic heterocycles. The predicted octanol–water partition coefficient (Wildman–Crippen LogP) is 5.20. The van der Waals surface area contributed by atoms with Crippen molar-refractivity contribution in [2.45, 2.75) is 6.54 Å². The van der Waals surface area contributed by atoms with Gasteiger partial charge in [-0.15, -0.1) is 0 Å². The smallest absolute Gasteiger partial charge is 0.0612 e. The Morgan fingerprint density at radius 3 is 2.48 bits per heavy atom. The number of hydrogen-bond donors (Lipinski definition) is 2. The predicted molar refractivity (Wildman–Crippen MR) is 106 cm³/mol. The number of pyridine rings is 1. The summed E-state index contributed by atoms with van der Waals surface area (Å²) in [4.78, 5) is 4.27. The number of nitrogens with zero attached hydrogens (tertiary/aromatic N) is 2. The van der Waals surface area contributed by atoms with Gasteiger partial charge in [0, 0.05) is 53.1 Å². The molecule has 0 atom stereocenters. The van der Waals surface area contributed by atoms with Gasteiger partial charge in [-0.2, -0.15) is 0 Å². The minimum Gasteiger partial charge on any atom is -0.355 e. The number of rotatable bonds is 4. The van der Waals surface area contributed by atoms with Gasteiger partial charge in [-0.25, -0.2) is 0 Å². The number of halogens is 2. The van der Waals surface area contributed by atoms with E-state index in [1.165, 1.54) is 0 Å². The lowest BCUT2D eigenvalue weighted by molar-refractivity contribution is 0.757. The molecule has 0 amide bonds. The second-order valence-corrected chi connectivity index (χ2v) is 6.63. The van der Waals surface area contributed by atoms with Gasteiger partial charge in [0.05, 0.1) is 15.6 Å². The fraction of sp³-hybridized carbons (Fsp3) is 0.105. The van der Waals surface area contributed by atoms with Crippen LogP contribution in [0.1, 0.15) is 0 Å². The third kappa shape index (κ3) is 2.93. The highest BCUT2D eigenvalue weighted by molar-refractivity contribution is 6.42. The monoisotopic (exact) mass is 370 g/mol. The Labute approximate surface area is 155 Å². The molecule has 2 aromatic carbocycles. The molecule has 0 saturated heterocycles. The van der Waals surface area contributed by atoms with E-state index in [2.05, 4.69) is 27.0 Å². The third-order valence-electron chi connectivity index (χ3n) is 4.23. The van der Waals surface area contributed by atoms with Crippen molar-refractivity contribution in [3.05, 3.63) is 64.9 Å². The van der Waals surface area contributed by atoms with Crippen LogP contribution in [0, 0.1) is 0 Å². The third-order valence-corrected chi connectivity index (χ3v) is 4.97. The Bertz CT molecular complexity index is 1070. The zero-order chi connectivity index (χ0) is 17.4. The second-order valence-electron chi connectivity index (χ2n) is 5.82. The quantitative estimate of drug-likeness (QED) is 0.519. The van der Waals surface area contributed by atoms with E-state index in [0.717, 1.165) is 39.7 Å². The molecule has 4 nitrogen and oxygen atoms in total. The highest BCUT2D eigenvalue weighted by Gasteiger charge is 2.11.